The fourth-order valence-electron chi connectivity index (χ4n) is 3.35. The third-order valence-electron chi connectivity index (χ3n) is 5.15. The molecule has 1 heterocycles. The SMILES string of the molecule is Cc1cc(OCCCCCCn2c(Cl)nc3ccccc32)c(C)c(C)c1O. The average molecular weight is 387 g/mol. The van der Waals surface area contributed by atoms with Crippen LogP contribution in [-0.2, 0) is 6.54 Å². The van der Waals surface area contributed by atoms with Gasteiger partial charge in [0.25, 0.3) is 0 Å². The minimum atomic E-state index is 0.366. The van der Waals surface area contributed by atoms with E-state index in [1.807, 2.05) is 45.0 Å². The second-order valence-electron chi connectivity index (χ2n) is 7.07. The van der Waals surface area contributed by atoms with Crippen molar-refractivity contribution >= 4 is 22.6 Å². The molecule has 0 aliphatic heterocycles. The van der Waals surface area contributed by atoms with Gasteiger partial charge in [-0.15, -0.1) is 0 Å². The lowest BCUT2D eigenvalue weighted by Crippen LogP contribution is -2.02. The third-order valence-corrected chi connectivity index (χ3v) is 5.44. The van der Waals surface area contributed by atoms with Crippen molar-refractivity contribution in [2.24, 2.45) is 0 Å². The number of rotatable bonds is 8. The molecule has 144 valence electrons. The minimum absolute atomic E-state index is 0.366. The van der Waals surface area contributed by atoms with Gasteiger partial charge in [0.15, 0.2) is 0 Å². The maximum Gasteiger partial charge on any atom is 0.203 e. The first kappa shape index (κ1) is 19.6. The highest BCUT2D eigenvalue weighted by Crippen LogP contribution is 2.32. The Morgan fingerprint density at radius 3 is 2.59 bits per heavy atom. The highest BCUT2D eigenvalue weighted by atomic mass is 35.5. The summed E-state index contributed by atoms with van der Waals surface area (Å²) in [5, 5.41) is 10.5. The summed E-state index contributed by atoms with van der Waals surface area (Å²) >= 11 is 6.26. The molecule has 3 aromatic rings. The molecule has 27 heavy (non-hydrogen) atoms. The first-order valence-electron chi connectivity index (χ1n) is 9.52. The molecule has 2 aromatic carbocycles. The van der Waals surface area contributed by atoms with Crippen LogP contribution in [0.1, 0.15) is 42.4 Å². The Labute approximate surface area is 165 Å². The van der Waals surface area contributed by atoms with Crippen LogP contribution in [0.3, 0.4) is 0 Å². The highest BCUT2D eigenvalue weighted by molar-refractivity contribution is 6.29. The normalized spacial score (nSPS) is 11.3. The van der Waals surface area contributed by atoms with Crippen molar-refractivity contribution < 1.29 is 9.84 Å². The number of aromatic hydroxyl groups is 1. The number of para-hydroxylation sites is 2. The average Bonchev–Trinajstić information content (AvgIpc) is 2.98. The smallest absolute Gasteiger partial charge is 0.203 e. The van der Waals surface area contributed by atoms with E-state index in [0.717, 1.165) is 65.7 Å². The number of halogens is 1. The van der Waals surface area contributed by atoms with Crippen LogP contribution >= 0.6 is 11.6 Å². The Hall–Kier alpha value is -2.20. The van der Waals surface area contributed by atoms with Crippen molar-refractivity contribution in [2.75, 3.05) is 6.61 Å². The number of nitrogens with zero attached hydrogens (tertiary/aromatic N) is 2. The molecule has 0 unspecified atom stereocenters. The van der Waals surface area contributed by atoms with E-state index in [1.165, 1.54) is 0 Å². The van der Waals surface area contributed by atoms with E-state index >= 15 is 0 Å². The number of benzene rings is 2. The van der Waals surface area contributed by atoms with Gasteiger partial charge in [-0.05, 0) is 80.1 Å². The molecule has 4 nitrogen and oxygen atoms in total. The van der Waals surface area contributed by atoms with E-state index < -0.39 is 0 Å². The van der Waals surface area contributed by atoms with Gasteiger partial charge < -0.3 is 14.4 Å². The number of hydrogen-bond acceptors (Lipinski definition) is 3. The number of hydrogen-bond donors (Lipinski definition) is 1. The van der Waals surface area contributed by atoms with Gasteiger partial charge >= 0.3 is 0 Å². The van der Waals surface area contributed by atoms with E-state index in [4.69, 9.17) is 16.3 Å². The first-order valence-corrected chi connectivity index (χ1v) is 9.90. The molecule has 0 spiro atoms. The number of unbranched alkanes of at least 4 members (excludes halogenated alkanes) is 3. The second-order valence-corrected chi connectivity index (χ2v) is 7.41. The second kappa shape index (κ2) is 8.66. The molecular formula is C22H27ClN2O2. The van der Waals surface area contributed by atoms with E-state index in [9.17, 15) is 5.11 Å². The molecule has 0 aliphatic rings. The fraction of sp³-hybridized carbons (Fsp3) is 0.409. The van der Waals surface area contributed by atoms with Crippen molar-refractivity contribution in [3.8, 4) is 11.5 Å². The number of phenolic OH excluding ortho intramolecular Hbond substituents is 1. The maximum atomic E-state index is 9.97. The maximum absolute atomic E-state index is 9.97. The van der Waals surface area contributed by atoms with Crippen LogP contribution in [0.25, 0.3) is 11.0 Å². The predicted molar refractivity (Wildman–Crippen MR) is 111 cm³/mol. The topological polar surface area (TPSA) is 47.3 Å². The number of ether oxygens (including phenoxy) is 1. The summed E-state index contributed by atoms with van der Waals surface area (Å²) in [6.07, 6.45) is 4.31. The Morgan fingerprint density at radius 1 is 1.04 bits per heavy atom. The standard InChI is InChI=1S/C22H27ClN2O2/c1-15-14-20(16(2)17(3)21(15)26)27-13-9-5-4-8-12-25-19-11-7-6-10-18(19)24-22(25)23/h6-7,10-11,14,26H,4-5,8-9,12-13H2,1-3H3. The van der Waals surface area contributed by atoms with Crippen molar-refractivity contribution in [2.45, 2.75) is 53.0 Å². The molecule has 0 amide bonds. The van der Waals surface area contributed by atoms with Crippen LogP contribution in [0.15, 0.2) is 30.3 Å². The molecule has 0 saturated carbocycles. The van der Waals surface area contributed by atoms with Crippen LogP contribution in [0, 0.1) is 20.8 Å². The van der Waals surface area contributed by atoms with Crippen LogP contribution < -0.4 is 4.74 Å². The quantitative estimate of drug-likeness (QED) is 0.486. The molecule has 0 atom stereocenters. The van der Waals surface area contributed by atoms with Crippen LogP contribution in [0.5, 0.6) is 11.5 Å². The highest BCUT2D eigenvalue weighted by Gasteiger charge is 2.10. The zero-order valence-corrected chi connectivity index (χ0v) is 17.0. The van der Waals surface area contributed by atoms with Crippen LogP contribution in [0.2, 0.25) is 5.28 Å². The summed E-state index contributed by atoms with van der Waals surface area (Å²) in [4.78, 5) is 4.39. The summed E-state index contributed by atoms with van der Waals surface area (Å²) in [6, 6.07) is 9.97. The molecular weight excluding hydrogens is 360 g/mol. The summed E-state index contributed by atoms with van der Waals surface area (Å²) in [5.74, 6) is 1.24. The largest absolute Gasteiger partial charge is 0.507 e. The van der Waals surface area contributed by atoms with Gasteiger partial charge in [0.2, 0.25) is 5.28 Å². The Morgan fingerprint density at radius 2 is 1.78 bits per heavy atom. The van der Waals surface area contributed by atoms with Gasteiger partial charge in [0.1, 0.15) is 11.5 Å². The summed E-state index contributed by atoms with van der Waals surface area (Å²) in [6.45, 7) is 7.40. The van der Waals surface area contributed by atoms with Gasteiger partial charge in [-0.2, -0.15) is 0 Å². The van der Waals surface area contributed by atoms with E-state index in [-0.39, 0.29) is 0 Å². The fourth-order valence-corrected chi connectivity index (χ4v) is 3.61. The zero-order valence-electron chi connectivity index (χ0n) is 16.3. The summed E-state index contributed by atoms with van der Waals surface area (Å²) in [5.41, 5.74) is 4.82. The molecule has 0 radical (unpaired) electrons. The first-order chi connectivity index (χ1) is 13.0. The zero-order chi connectivity index (χ0) is 19.4. The van der Waals surface area contributed by atoms with Gasteiger partial charge in [-0.25, -0.2) is 4.98 Å². The molecule has 5 heteroatoms. The molecule has 1 N–H and O–H groups in total. The third kappa shape index (κ3) is 4.38. The summed E-state index contributed by atoms with van der Waals surface area (Å²) in [7, 11) is 0. The molecule has 0 fully saturated rings. The van der Waals surface area contributed by atoms with Gasteiger partial charge in [-0.1, -0.05) is 25.0 Å². The van der Waals surface area contributed by atoms with Crippen molar-refractivity contribution in [1.29, 1.82) is 0 Å². The Bertz CT molecular complexity index is 934. The van der Waals surface area contributed by atoms with Crippen LogP contribution in [-0.4, -0.2) is 21.3 Å². The minimum Gasteiger partial charge on any atom is -0.507 e. The summed E-state index contributed by atoms with van der Waals surface area (Å²) < 4.78 is 8.02. The lowest BCUT2D eigenvalue weighted by molar-refractivity contribution is 0.301. The number of aromatic nitrogens is 2. The van der Waals surface area contributed by atoms with Crippen molar-refractivity contribution in [3.63, 3.8) is 0 Å². The molecule has 0 bridgehead atoms. The predicted octanol–water partition coefficient (Wildman–Crippen LogP) is 5.96. The number of fused-ring (bicyclic) bond motifs is 1. The molecule has 0 aliphatic carbocycles. The van der Waals surface area contributed by atoms with Gasteiger partial charge in [-0.3, -0.25) is 0 Å². The van der Waals surface area contributed by atoms with Crippen molar-refractivity contribution in [1.82, 2.24) is 9.55 Å². The number of phenols is 1. The molecule has 0 saturated heterocycles. The molecule has 3 rings (SSSR count). The Kier molecular flexibility index (Phi) is 6.27. The van der Waals surface area contributed by atoms with Crippen molar-refractivity contribution in [3.05, 3.63) is 52.3 Å². The lowest BCUT2D eigenvalue weighted by Gasteiger charge is -2.14. The Balaban J connectivity index is 1.42. The van der Waals surface area contributed by atoms with Crippen LogP contribution in [0.4, 0.5) is 0 Å². The number of imidazole rings is 1. The van der Waals surface area contributed by atoms with E-state index in [2.05, 4.69) is 15.6 Å². The lowest BCUT2D eigenvalue weighted by atomic mass is 10.0. The van der Waals surface area contributed by atoms with Gasteiger partial charge in [0, 0.05) is 6.54 Å². The molecule has 1 aromatic heterocycles. The number of aryl methyl sites for hydroxylation is 2. The van der Waals surface area contributed by atoms with Gasteiger partial charge in [0.05, 0.1) is 17.6 Å². The van der Waals surface area contributed by atoms with E-state index in [0.29, 0.717) is 17.6 Å². The monoisotopic (exact) mass is 386 g/mol. The van der Waals surface area contributed by atoms with E-state index in [1.54, 1.807) is 0 Å².